The molecule has 1 heterocycles. The Morgan fingerprint density at radius 1 is 0.895 bits per heavy atom. The maximum absolute atomic E-state index is 12.6. The zero-order valence-corrected chi connectivity index (χ0v) is 23.0. The molecule has 0 saturated carbocycles. The molecule has 202 valence electrons. The highest BCUT2D eigenvalue weighted by molar-refractivity contribution is 5.90. The maximum atomic E-state index is 12.6. The smallest absolute Gasteiger partial charge is 0.344 e. The third-order valence-electron chi connectivity index (χ3n) is 6.77. The van der Waals surface area contributed by atoms with Gasteiger partial charge in [0.15, 0.2) is 0 Å². The van der Waals surface area contributed by atoms with E-state index < -0.39 is 5.97 Å². The van der Waals surface area contributed by atoms with Crippen LogP contribution in [-0.4, -0.2) is 22.5 Å². The lowest BCUT2D eigenvalue weighted by Crippen LogP contribution is -2.09. The second-order valence-corrected chi connectivity index (χ2v) is 9.98. The molecule has 0 amide bonds. The van der Waals surface area contributed by atoms with E-state index >= 15 is 0 Å². The first-order valence-electron chi connectivity index (χ1n) is 14.1. The second kappa shape index (κ2) is 16.4. The Labute approximate surface area is 228 Å². The summed E-state index contributed by atoms with van der Waals surface area (Å²) in [4.78, 5) is 21.3. The van der Waals surface area contributed by atoms with Crippen molar-refractivity contribution in [2.45, 2.75) is 78.1 Å². The highest BCUT2D eigenvalue weighted by atomic mass is 16.5. The number of aryl methyl sites for hydroxylation is 1. The minimum absolute atomic E-state index is 0.181. The predicted molar refractivity (Wildman–Crippen MR) is 155 cm³/mol. The Balaban J connectivity index is 1.40. The molecule has 38 heavy (non-hydrogen) atoms. The molecule has 0 aliphatic heterocycles. The van der Waals surface area contributed by atoms with Crippen LogP contribution in [0.5, 0.6) is 11.6 Å². The molecule has 5 nitrogen and oxygen atoms in total. The minimum atomic E-state index is -0.433. The average molecular weight is 515 g/mol. The van der Waals surface area contributed by atoms with Crippen molar-refractivity contribution < 1.29 is 14.3 Å². The zero-order chi connectivity index (χ0) is 27.0. The number of rotatable bonds is 17. The van der Waals surface area contributed by atoms with Gasteiger partial charge in [0.1, 0.15) is 5.75 Å². The fourth-order valence-electron chi connectivity index (χ4n) is 4.06. The molecule has 5 heteroatoms. The monoisotopic (exact) mass is 514 g/mol. The van der Waals surface area contributed by atoms with Crippen molar-refractivity contribution in [3.63, 3.8) is 0 Å². The van der Waals surface area contributed by atoms with Gasteiger partial charge in [0, 0.05) is 5.56 Å². The van der Waals surface area contributed by atoms with Gasteiger partial charge in [-0.15, -0.1) is 6.58 Å². The largest absolute Gasteiger partial charge is 0.493 e. The van der Waals surface area contributed by atoms with E-state index in [4.69, 9.17) is 9.47 Å². The van der Waals surface area contributed by atoms with Crippen LogP contribution in [0.15, 0.2) is 73.6 Å². The van der Waals surface area contributed by atoms with Gasteiger partial charge in [-0.1, -0.05) is 70.6 Å². The highest BCUT2D eigenvalue weighted by Crippen LogP contribution is 2.22. The van der Waals surface area contributed by atoms with Crippen molar-refractivity contribution in [1.29, 1.82) is 0 Å². The fraction of sp³-hybridized carbons (Fsp3) is 0.424. The van der Waals surface area contributed by atoms with Gasteiger partial charge in [0.2, 0.25) is 5.88 Å². The Kier molecular flexibility index (Phi) is 12.5. The van der Waals surface area contributed by atoms with Crippen LogP contribution in [0.3, 0.4) is 0 Å². The lowest BCUT2D eigenvalue weighted by molar-refractivity contribution is 0.0727. The molecule has 1 aromatic heterocycles. The molecular weight excluding hydrogens is 472 g/mol. The van der Waals surface area contributed by atoms with Crippen LogP contribution in [0.25, 0.3) is 11.3 Å². The number of benzene rings is 2. The van der Waals surface area contributed by atoms with Crippen molar-refractivity contribution in [3.05, 3.63) is 84.7 Å². The minimum Gasteiger partial charge on any atom is -0.493 e. The number of allylic oxidation sites excluding steroid dienone is 1. The molecule has 3 rings (SSSR count). The molecule has 0 spiro atoms. The predicted octanol–water partition coefficient (Wildman–Crippen LogP) is 8.64. The third-order valence-corrected chi connectivity index (χ3v) is 6.77. The van der Waals surface area contributed by atoms with Crippen LogP contribution >= 0.6 is 0 Å². The van der Waals surface area contributed by atoms with Gasteiger partial charge in [0.05, 0.1) is 30.3 Å². The average Bonchev–Trinajstić information content (AvgIpc) is 2.96. The second-order valence-electron chi connectivity index (χ2n) is 9.98. The van der Waals surface area contributed by atoms with E-state index in [-0.39, 0.29) is 5.88 Å². The normalized spacial score (nSPS) is 11.6. The van der Waals surface area contributed by atoms with Crippen molar-refractivity contribution >= 4 is 5.97 Å². The van der Waals surface area contributed by atoms with E-state index in [0.717, 1.165) is 30.6 Å². The Morgan fingerprint density at radius 2 is 1.58 bits per heavy atom. The van der Waals surface area contributed by atoms with E-state index in [9.17, 15) is 4.79 Å². The Hall–Kier alpha value is -3.47. The van der Waals surface area contributed by atoms with E-state index in [1.807, 2.05) is 54.6 Å². The molecule has 0 unspecified atom stereocenters. The molecule has 0 saturated heterocycles. The van der Waals surface area contributed by atoms with Crippen LogP contribution in [0.2, 0.25) is 0 Å². The summed E-state index contributed by atoms with van der Waals surface area (Å²) in [6.07, 6.45) is 17.3. The van der Waals surface area contributed by atoms with E-state index in [1.165, 1.54) is 56.7 Å². The molecule has 0 aliphatic carbocycles. The summed E-state index contributed by atoms with van der Waals surface area (Å²) in [5, 5.41) is 0. The molecule has 0 N–H and O–H groups in total. The number of ether oxygens (including phenoxy) is 2. The summed E-state index contributed by atoms with van der Waals surface area (Å²) in [5.41, 5.74) is 3.38. The third kappa shape index (κ3) is 10.1. The van der Waals surface area contributed by atoms with E-state index in [0.29, 0.717) is 23.8 Å². The number of nitrogens with zero attached hydrogens (tertiary/aromatic N) is 2. The van der Waals surface area contributed by atoms with E-state index in [2.05, 4.69) is 30.4 Å². The summed E-state index contributed by atoms with van der Waals surface area (Å²) in [7, 11) is 0. The number of hydrogen-bond donors (Lipinski definition) is 0. The van der Waals surface area contributed by atoms with Crippen molar-refractivity contribution in [2.75, 3.05) is 6.61 Å². The number of carbonyl (C=O) groups is 1. The van der Waals surface area contributed by atoms with Gasteiger partial charge < -0.3 is 9.47 Å². The number of aromatic nitrogens is 2. The van der Waals surface area contributed by atoms with Gasteiger partial charge in [-0.2, -0.15) is 0 Å². The molecular formula is C33H42N2O3. The summed E-state index contributed by atoms with van der Waals surface area (Å²) in [6.45, 7) is 8.80. The lowest BCUT2D eigenvalue weighted by atomic mass is 10.0. The fourth-order valence-corrected chi connectivity index (χ4v) is 4.06. The van der Waals surface area contributed by atoms with Crippen molar-refractivity contribution in [1.82, 2.24) is 9.97 Å². The number of carbonyl (C=O) groups excluding carboxylic acids is 1. The zero-order valence-electron chi connectivity index (χ0n) is 23.0. The summed E-state index contributed by atoms with van der Waals surface area (Å²) in [6, 6.07) is 15.4. The summed E-state index contributed by atoms with van der Waals surface area (Å²) in [5.74, 6) is 1.11. The van der Waals surface area contributed by atoms with Crippen LogP contribution in [0, 0.1) is 5.92 Å². The van der Waals surface area contributed by atoms with Gasteiger partial charge in [0.25, 0.3) is 0 Å². The summed E-state index contributed by atoms with van der Waals surface area (Å²) < 4.78 is 11.3. The van der Waals surface area contributed by atoms with Crippen molar-refractivity contribution in [3.8, 4) is 22.9 Å². The standard InChI is InChI=1S/C33H42N2O3/c1-4-6-7-8-9-10-11-12-13-14-27-15-17-29(18-16-27)33(36)38-32-24-34-31(23-35-32)28-19-21-30(22-20-28)37-25-26(3)5-2/h4,15-24,26H,1,5-14,25H2,2-3H3/t26-/m0/s1. The van der Waals surface area contributed by atoms with E-state index in [1.54, 1.807) is 6.20 Å². The number of unbranched alkanes of at least 4 members (excludes halogenated alkanes) is 7. The maximum Gasteiger partial charge on any atom is 0.344 e. The lowest BCUT2D eigenvalue weighted by Gasteiger charge is -2.11. The van der Waals surface area contributed by atoms with Gasteiger partial charge in [-0.05, 0) is 73.6 Å². The quantitative estimate of drug-likeness (QED) is 0.102. The number of esters is 1. The Morgan fingerprint density at radius 3 is 2.21 bits per heavy atom. The highest BCUT2D eigenvalue weighted by Gasteiger charge is 2.11. The van der Waals surface area contributed by atoms with Crippen LogP contribution in [-0.2, 0) is 6.42 Å². The molecule has 2 aromatic carbocycles. The summed E-state index contributed by atoms with van der Waals surface area (Å²) >= 11 is 0. The first-order chi connectivity index (χ1) is 18.6. The molecule has 3 aromatic rings. The van der Waals surface area contributed by atoms with Crippen LogP contribution in [0.4, 0.5) is 0 Å². The molecule has 0 radical (unpaired) electrons. The molecule has 0 fully saturated rings. The van der Waals surface area contributed by atoms with Gasteiger partial charge in [-0.25, -0.2) is 14.8 Å². The first kappa shape index (κ1) is 29.1. The first-order valence-corrected chi connectivity index (χ1v) is 14.1. The number of hydrogen-bond acceptors (Lipinski definition) is 5. The van der Waals surface area contributed by atoms with Crippen molar-refractivity contribution in [2.24, 2.45) is 5.92 Å². The molecule has 0 bridgehead atoms. The van der Waals surface area contributed by atoms with Crippen LogP contribution < -0.4 is 9.47 Å². The van der Waals surface area contributed by atoms with Gasteiger partial charge >= 0.3 is 5.97 Å². The topological polar surface area (TPSA) is 61.3 Å². The Bertz CT molecular complexity index is 1090. The molecule has 0 aliphatic rings. The van der Waals surface area contributed by atoms with Crippen LogP contribution in [0.1, 0.15) is 87.6 Å². The van der Waals surface area contributed by atoms with Gasteiger partial charge in [-0.3, -0.25) is 0 Å². The SMILES string of the molecule is C=CCCCCCCCCCc1ccc(C(=O)Oc2cnc(-c3ccc(OC[C@@H](C)CC)cc3)cn2)cc1. The molecule has 1 atom stereocenters.